The summed E-state index contributed by atoms with van der Waals surface area (Å²) in [6, 6.07) is 2.88. The SMILES string of the molecule is NCCC1CCN(Cc2ccn(C3CCCCC3)n2)CC1. The van der Waals surface area contributed by atoms with Gasteiger partial charge in [0, 0.05) is 12.7 Å². The Labute approximate surface area is 128 Å². The molecule has 0 aromatic carbocycles. The smallest absolute Gasteiger partial charge is 0.0764 e. The van der Waals surface area contributed by atoms with Crippen molar-refractivity contribution in [2.24, 2.45) is 11.7 Å². The molecule has 4 nitrogen and oxygen atoms in total. The zero-order chi connectivity index (χ0) is 14.5. The van der Waals surface area contributed by atoms with Crippen molar-refractivity contribution in [2.45, 2.75) is 64.0 Å². The highest BCUT2D eigenvalue weighted by Crippen LogP contribution is 2.27. The molecule has 1 saturated heterocycles. The Morgan fingerprint density at radius 3 is 2.57 bits per heavy atom. The van der Waals surface area contributed by atoms with Gasteiger partial charge in [0.25, 0.3) is 0 Å². The van der Waals surface area contributed by atoms with Gasteiger partial charge in [-0.15, -0.1) is 0 Å². The molecule has 2 aliphatic rings. The van der Waals surface area contributed by atoms with Gasteiger partial charge in [0.1, 0.15) is 0 Å². The second-order valence-corrected chi connectivity index (χ2v) is 6.88. The van der Waals surface area contributed by atoms with Gasteiger partial charge in [-0.05, 0) is 63.7 Å². The minimum Gasteiger partial charge on any atom is -0.330 e. The van der Waals surface area contributed by atoms with Crippen LogP contribution in [0.15, 0.2) is 12.3 Å². The Morgan fingerprint density at radius 2 is 1.86 bits per heavy atom. The second kappa shape index (κ2) is 7.41. The van der Waals surface area contributed by atoms with E-state index in [0.29, 0.717) is 6.04 Å². The summed E-state index contributed by atoms with van der Waals surface area (Å²) in [4.78, 5) is 2.56. The molecule has 1 aliphatic heterocycles. The molecule has 4 heteroatoms. The van der Waals surface area contributed by atoms with Crippen LogP contribution in [0.5, 0.6) is 0 Å². The Hall–Kier alpha value is -0.870. The molecular formula is C17H30N4. The van der Waals surface area contributed by atoms with Crippen LogP contribution in [0.3, 0.4) is 0 Å². The summed E-state index contributed by atoms with van der Waals surface area (Å²) in [7, 11) is 0. The van der Waals surface area contributed by atoms with Gasteiger partial charge in [0.05, 0.1) is 11.7 Å². The topological polar surface area (TPSA) is 47.1 Å². The lowest BCUT2D eigenvalue weighted by Gasteiger charge is -2.31. The third-order valence-electron chi connectivity index (χ3n) is 5.28. The van der Waals surface area contributed by atoms with Gasteiger partial charge in [-0.2, -0.15) is 5.10 Å². The molecule has 118 valence electrons. The summed E-state index contributed by atoms with van der Waals surface area (Å²) in [6.07, 6.45) is 12.8. The molecule has 0 spiro atoms. The molecule has 2 heterocycles. The highest BCUT2D eigenvalue weighted by Gasteiger charge is 2.20. The number of aromatic nitrogens is 2. The van der Waals surface area contributed by atoms with Crippen LogP contribution >= 0.6 is 0 Å². The number of rotatable bonds is 5. The maximum atomic E-state index is 5.66. The lowest BCUT2D eigenvalue weighted by molar-refractivity contribution is 0.171. The number of nitrogens with zero attached hydrogens (tertiary/aromatic N) is 3. The standard InChI is InChI=1S/C17H30N4/c18-10-6-15-7-11-20(12-8-15)14-16-9-13-21(19-16)17-4-2-1-3-5-17/h9,13,15,17H,1-8,10-12,14,18H2. The lowest BCUT2D eigenvalue weighted by atomic mass is 9.93. The van der Waals surface area contributed by atoms with Crippen LogP contribution in [0.2, 0.25) is 0 Å². The average molecular weight is 290 g/mol. The summed E-state index contributed by atoms with van der Waals surface area (Å²) in [5.74, 6) is 0.853. The molecule has 2 fully saturated rings. The average Bonchev–Trinajstić information content (AvgIpc) is 2.99. The summed E-state index contributed by atoms with van der Waals surface area (Å²) < 4.78 is 2.23. The molecule has 1 aromatic heterocycles. The molecule has 1 aliphatic carbocycles. The van der Waals surface area contributed by atoms with Gasteiger partial charge in [-0.3, -0.25) is 9.58 Å². The molecule has 21 heavy (non-hydrogen) atoms. The molecule has 0 unspecified atom stereocenters. The third-order valence-corrected chi connectivity index (χ3v) is 5.28. The first-order chi connectivity index (χ1) is 10.3. The summed E-state index contributed by atoms with van der Waals surface area (Å²) in [5, 5.41) is 4.84. The van der Waals surface area contributed by atoms with Crippen LogP contribution in [-0.2, 0) is 6.54 Å². The Kier molecular flexibility index (Phi) is 5.31. The van der Waals surface area contributed by atoms with Crippen LogP contribution in [0.4, 0.5) is 0 Å². The van der Waals surface area contributed by atoms with Gasteiger partial charge in [0.15, 0.2) is 0 Å². The van der Waals surface area contributed by atoms with Crippen LogP contribution in [0.25, 0.3) is 0 Å². The number of piperidine rings is 1. The Balaban J connectivity index is 1.48. The minimum atomic E-state index is 0.655. The zero-order valence-electron chi connectivity index (χ0n) is 13.2. The van der Waals surface area contributed by atoms with Gasteiger partial charge >= 0.3 is 0 Å². The van der Waals surface area contributed by atoms with Crippen LogP contribution in [-0.4, -0.2) is 34.3 Å². The zero-order valence-corrected chi connectivity index (χ0v) is 13.2. The van der Waals surface area contributed by atoms with E-state index in [0.717, 1.165) is 19.0 Å². The normalized spacial score (nSPS) is 22.7. The summed E-state index contributed by atoms with van der Waals surface area (Å²) >= 11 is 0. The fourth-order valence-corrected chi connectivity index (χ4v) is 3.91. The highest BCUT2D eigenvalue weighted by atomic mass is 15.3. The van der Waals surface area contributed by atoms with E-state index in [4.69, 9.17) is 10.8 Å². The lowest BCUT2D eigenvalue weighted by Crippen LogP contribution is -2.34. The van der Waals surface area contributed by atoms with Crippen molar-refractivity contribution in [3.05, 3.63) is 18.0 Å². The van der Waals surface area contributed by atoms with E-state index in [9.17, 15) is 0 Å². The van der Waals surface area contributed by atoms with Crippen molar-refractivity contribution >= 4 is 0 Å². The van der Waals surface area contributed by atoms with Crippen molar-refractivity contribution in [1.82, 2.24) is 14.7 Å². The maximum Gasteiger partial charge on any atom is 0.0764 e. The quantitative estimate of drug-likeness (QED) is 0.907. The van der Waals surface area contributed by atoms with Gasteiger partial charge in [0.2, 0.25) is 0 Å². The highest BCUT2D eigenvalue weighted by molar-refractivity contribution is 5.00. The van der Waals surface area contributed by atoms with E-state index >= 15 is 0 Å². The maximum absolute atomic E-state index is 5.66. The molecule has 2 N–H and O–H groups in total. The van der Waals surface area contributed by atoms with E-state index in [1.807, 2.05) is 0 Å². The fourth-order valence-electron chi connectivity index (χ4n) is 3.91. The van der Waals surface area contributed by atoms with E-state index in [1.54, 1.807) is 0 Å². The molecule has 0 atom stereocenters. The van der Waals surface area contributed by atoms with Crippen molar-refractivity contribution in [3.63, 3.8) is 0 Å². The first kappa shape index (κ1) is 15.0. The molecule has 1 aromatic rings. The minimum absolute atomic E-state index is 0.655. The van der Waals surface area contributed by atoms with E-state index in [1.165, 1.54) is 70.2 Å². The van der Waals surface area contributed by atoms with Gasteiger partial charge in [-0.1, -0.05) is 19.3 Å². The predicted octanol–water partition coefficient (Wildman–Crippen LogP) is 2.95. The van der Waals surface area contributed by atoms with Crippen LogP contribution in [0.1, 0.15) is 63.1 Å². The monoisotopic (exact) mass is 290 g/mol. The molecule has 3 rings (SSSR count). The number of likely N-dealkylation sites (tertiary alicyclic amines) is 1. The fraction of sp³-hybridized carbons (Fsp3) is 0.824. The van der Waals surface area contributed by atoms with Crippen molar-refractivity contribution in [3.8, 4) is 0 Å². The van der Waals surface area contributed by atoms with Crippen molar-refractivity contribution < 1.29 is 0 Å². The van der Waals surface area contributed by atoms with Gasteiger partial charge < -0.3 is 5.73 Å². The van der Waals surface area contributed by atoms with E-state index in [2.05, 4.69) is 21.8 Å². The van der Waals surface area contributed by atoms with E-state index in [-0.39, 0.29) is 0 Å². The second-order valence-electron chi connectivity index (χ2n) is 6.88. The summed E-state index contributed by atoms with van der Waals surface area (Å²) in [6.45, 7) is 4.29. The first-order valence-corrected chi connectivity index (χ1v) is 8.81. The van der Waals surface area contributed by atoms with Crippen LogP contribution < -0.4 is 5.73 Å². The molecule has 0 radical (unpaired) electrons. The van der Waals surface area contributed by atoms with Crippen molar-refractivity contribution in [2.75, 3.05) is 19.6 Å². The van der Waals surface area contributed by atoms with Crippen molar-refractivity contribution in [1.29, 1.82) is 0 Å². The largest absolute Gasteiger partial charge is 0.330 e. The Bertz CT molecular complexity index is 414. The Morgan fingerprint density at radius 1 is 1.10 bits per heavy atom. The molecule has 1 saturated carbocycles. The first-order valence-electron chi connectivity index (χ1n) is 8.81. The molecular weight excluding hydrogens is 260 g/mol. The molecule has 0 amide bonds. The van der Waals surface area contributed by atoms with Crippen LogP contribution in [0, 0.1) is 5.92 Å². The molecule has 0 bridgehead atoms. The number of hydrogen-bond donors (Lipinski definition) is 1. The predicted molar refractivity (Wildman–Crippen MR) is 86.0 cm³/mol. The number of nitrogens with two attached hydrogens (primary N) is 1. The summed E-state index contributed by atoms with van der Waals surface area (Å²) in [5.41, 5.74) is 6.91. The van der Waals surface area contributed by atoms with Gasteiger partial charge in [-0.25, -0.2) is 0 Å². The third kappa shape index (κ3) is 4.07. The van der Waals surface area contributed by atoms with E-state index < -0.39 is 0 Å². The number of hydrogen-bond acceptors (Lipinski definition) is 3.